The van der Waals surface area contributed by atoms with Gasteiger partial charge >= 0.3 is 6.09 Å². The van der Waals surface area contributed by atoms with E-state index in [1.165, 1.54) is 11.3 Å². The van der Waals surface area contributed by atoms with Gasteiger partial charge in [0.05, 0.1) is 4.34 Å². The van der Waals surface area contributed by atoms with Gasteiger partial charge in [0.2, 0.25) is 0 Å². The van der Waals surface area contributed by atoms with E-state index in [2.05, 4.69) is 5.32 Å². The highest BCUT2D eigenvalue weighted by Gasteiger charge is 2.00. The molecule has 3 nitrogen and oxygen atoms in total. The molecule has 20 heavy (non-hydrogen) atoms. The summed E-state index contributed by atoms with van der Waals surface area (Å²) >= 11 is 7.31. The van der Waals surface area contributed by atoms with Gasteiger partial charge in [0.25, 0.3) is 0 Å². The molecule has 0 aliphatic heterocycles. The van der Waals surface area contributed by atoms with Crippen LogP contribution in [-0.4, -0.2) is 12.6 Å². The van der Waals surface area contributed by atoms with Crippen molar-refractivity contribution in [1.82, 2.24) is 5.32 Å². The molecule has 104 valence electrons. The Hall–Kier alpha value is -1.78. The highest BCUT2D eigenvalue weighted by Crippen LogP contribution is 2.22. The number of amides is 1. The second-order valence-corrected chi connectivity index (χ2v) is 5.73. The van der Waals surface area contributed by atoms with Crippen LogP contribution in [-0.2, 0) is 11.3 Å². The fourth-order valence-electron chi connectivity index (χ4n) is 1.51. The molecule has 1 N–H and O–H groups in total. The summed E-state index contributed by atoms with van der Waals surface area (Å²) in [4.78, 5) is 12.5. The molecule has 0 unspecified atom stereocenters. The molecule has 0 spiro atoms. The van der Waals surface area contributed by atoms with Crippen LogP contribution in [0.3, 0.4) is 0 Å². The zero-order valence-electron chi connectivity index (χ0n) is 10.7. The predicted molar refractivity (Wildman–Crippen MR) is 83.0 cm³/mol. The molecule has 0 saturated heterocycles. The third-order valence-electron chi connectivity index (χ3n) is 2.45. The van der Waals surface area contributed by atoms with Crippen LogP contribution >= 0.6 is 22.9 Å². The molecule has 1 aromatic heterocycles. The Morgan fingerprint density at radius 3 is 2.75 bits per heavy atom. The molecule has 2 aromatic rings. The number of halogens is 1. The largest absolute Gasteiger partial charge is 0.445 e. The van der Waals surface area contributed by atoms with Gasteiger partial charge in [-0.1, -0.05) is 48.0 Å². The molecule has 1 heterocycles. The van der Waals surface area contributed by atoms with Gasteiger partial charge < -0.3 is 10.1 Å². The number of hydrogen-bond donors (Lipinski definition) is 1. The topological polar surface area (TPSA) is 38.3 Å². The van der Waals surface area contributed by atoms with E-state index in [1.807, 2.05) is 54.6 Å². The van der Waals surface area contributed by atoms with Gasteiger partial charge in [0.15, 0.2) is 0 Å². The molecule has 1 amide bonds. The fourth-order valence-corrected chi connectivity index (χ4v) is 2.50. The first-order valence-electron chi connectivity index (χ1n) is 6.10. The molecule has 0 aliphatic rings. The highest BCUT2D eigenvalue weighted by molar-refractivity contribution is 7.16. The Bertz CT molecular complexity index is 581. The van der Waals surface area contributed by atoms with Crippen molar-refractivity contribution < 1.29 is 9.53 Å². The zero-order chi connectivity index (χ0) is 14.2. The zero-order valence-corrected chi connectivity index (χ0v) is 12.3. The van der Waals surface area contributed by atoms with Crippen molar-refractivity contribution in [2.24, 2.45) is 0 Å². The summed E-state index contributed by atoms with van der Waals surface area (Å²) in [6, 6.07) is 13.3. The van der Waals surface area contributed by atoms with Crippen LogP contribution in [0.25, 0.3) is 6.08 Å². The van der Waals surface area contributed by atoms with E-state index in [9.17, 15) is 4.79 Å². The van der Waals surface area contributed by atoms with Gasteiger partial charge in [-0.3, -0.25) is 0 Å². The van der Waals surface area contributed by atoms with E-state index in [1.54, 1.807) is 0 Å². The minimum Gasteiger partial charge on any atom is -0.445 e. The van der Waals surface area contributed by atoms with E-state index in [0.29, 0.717) is 6.54 Å². The summed E-state index contributed by atoms with van der Waals surface area (Å²) in [5.74, 6) is 0. The molecular formula is C15H14ClNO2S. The molecule has 5 heteroatoms. The number of benzene rings is 1. The maximum absolute atomic E-state index is 11.4. The maximum atomic E-state index is 11.4. The number of nitrogens with one attached hydrogen (secondary N) is 1. The van der Waals surface area contributed by atoms with E-state index in [0.717, 1.165) is 14.8 Å². The number of thiophene rings is 1. The van der Waals surface area contributed by atoms with Crippen molar-refractivity contribution in [2.45, 2.75) is 6.61 Å². The average Bonchev–Trinajstić information content (AvgIpc) is 2.88. The third-order valence-corrected chi connectivity index (χ3v) is 3.65. The predicted octanol–water partition coefficient (Wildman–Crippen LogP) is 4.34. The minimum atomic E-state index is -0.428. The Kier molecular flexibility index (Phi) is 5.65. The lowest BCUT2D eigenvalue weighted by atomic mass is 10.2. The van der Waals surface area contributed by atoms with E-state index < -0.39 is 6.09 Å². The molecule has 2 rings (SSSR count). The van der Waals surface area contributed by atoms with E-state index in [-0.39, 0.29) is 6.61 Å². The second kappa shape index (κ2) is 7.72. The van der Waals surface area contributed by atoms with E-state index >= 15 is 0 Å². The van der Waals surface area contributed by atoms with Gasteiger partial charge in [-0.25, -0.2) is 4.79 Å². The Morgan fingerprint density at radius 2 is 2.05 bits per heavy atom. The fraction of sp³-hybridized carbons (Fsp3) is 0.133. The molecule has 1 aromatic carbocycles. The molecular weight excluding hydrogens is 294 g/mol. The quantitative estimate of drug-likeness (QED) is 0.892. The Balaban J connectivity index is 1.66. The number of rotatable bonds is 5. The van der Waals surface area contributed by atoms with Crippen LogP contribution < -0.4 is 5.32 Å². The summed E-state index contributed by atoms with van der Waals surface area (Å²) in [5, 5.41) is 2.65. The van der Waals surface area contributed by atoms with Crippen LogP contribution in [0.5, 0.6) is 0 Å². The van der Waals surface area contributed by atoms with Crippen LogP contribution in [0.1, 0.15) is 10.4 Å². The summed E-state index contributed by atoms with van der Waals surface area (Å²) in [6.45, 7) is 0.695. The van der Waals surface area contributed by atoms with Crippen molar-refractivity contribution in [3.8, 4) is 0 Å². The van der Waals surface area contributed by atoms with E-state index in [4.69, 9.17) is 16.3 Å². The van der Waals surface area contributed by atoms with Crippen molar-refractivity contribution in [3.63, 3.8) is 0 Å². The molecule has 0 radical (unpaired) electrons. The van der Waals surface area contributed by atoms with Gasteiger partial charge in [0, 0.05) is 11.4 Å². The van der Waals surface area contributed by atoms with Crippen molar-refractivity contribution in [1.29, 1.82) is 0 Å². The monoisotopic (exact) mass is 307 g/mol. The smallest absolute Gasteiger partial charge is 0.407 e. The normalized spacial score (nSPS) is 10.7. The lowest BCUT2D eigenvalue weighted by Gasteiger charge is -2.04. The van der Waals surface area contributed by atoms with Gasteiger partial charge in [-0.2, -0.15) is 0 Å². The van der Waals surface area contributed by atoms with Crippen LogP contribution in [0, 0.1) is 0 Å². The number of alkyl carbamates (subject to hydrolysis) is 1. The molecule has 0 saturated carbocycles. The average molecular weight is 308 g/mol. The standard InChI is InChI=1S/C15H14ClNO2S/c16-14-9-8-13(20-14)7-4-10-17-15(18)19-11-12-5-2-1-3-6-12/h1-9H,10-11H2,(H,17,18). The minimum absolute atomic E-state index is 0.275. The van der Waals surface area contributed by atoms with Gasteiger partial charge in [0.1, 0.15) is 6.61 Å². The summed E-state index contributed by atoms with van der Waals surface area (Å²) in [7, 11) is 0. The van der Waals surface area contributed by atoms with Crippen LogP contribution in [0.15, 0.2) is 48.5 Å². The Morgan fingerprint density at radius 1 is 1.25 bits per heavy atom. The SMILES string of the molecule is O=C(NCC=Cc1ccc(Cl)s1)OCc1ccccc1. The lowest BCUT2D eigenvalue weighted by molar-refractivity contribution is 0.141. The summed E-state index contributed by atoms with van der Waals surface area (Å²) < 4.78 is 5.83. The highest BCUT2D eigenvalue weighted by atomic mass is 35.5. The van der Waals surface area contributed by atoms with Crippen molar-refractivity contribution >= 4 is 35.1 Å². The lowest BCUT2D eigenvalue weighted by Crippen LogP contribution is -2.24. The third kappa shape index (κ3) is 5.07. The van der Waals surface area contributed by atoms with Crippen molar-refractivity contribution in [2.75, 3.05) is 6.54 Å². The summed E-state index contributed by atoms with van der Waals surface area (Å²) in [6.07, 6.45) is 3.34. The van der Waals surface area contributed by atoms with Crippen LogP contribution in [0.4, 0.5) is 4.79 Å². The molecule has 0 aliphatic carbocycles. The second-order valence-electron chi connectivity index (χ2n) is 3.99. The molecule has 0 bridgehead atoms. The first-order valence-corrected chi connectivity index (χ1v) is 7.30. The Labute approximate surface area is 126 Å². The number of ether oxygens (including phenoxy) is 1. The first-order chi connectivity index (χ1) is 9.74. The van der Waals surface area contributed by atoms with Gasteiger partial charge in [-0.15, -0.1) is 11.3 Å². The number of carbonyl (C=O) groups is 1. The number of carbonyl (C=O) groups excluding carboxylic acids is 1. The summed E-state index contributed by atoms with van der Waals surface area (Å²) in [5.41, 5.74) is 0.964. The van der Waals surface area contributed by atoms with Crippen LogP contribution in [0.2, 0.25) is 4.34 Å². The van der Waals surface area contributed by atoms with Gasteiger partial charge in [-0.05, 0) is 23.8 Å². The molecule has 0 atom stereocenters. The maximum Gasteiger partial charge on any atom is 0.407 e. The number of hydrogen-bond acceptors (Lipinski definition) is 3. The first kappa shape index (κ1) is 14.6. The van der Waals surface area contributed by atoms with Crippen molar-refractivity contribution in [3.05, 3.63) is 63.3 Å². The molecule has 0 fully saturated rings.